The average Bonchev–Trinajstić information content (AvgIpc) is 2.01. The molecule has 0 aromatic heterocycles. The Bertz CT molecular complexity index is 279. The molecule has 0 aliphatic rings. The van der Waals surface area contributed by atoms with Crippen LogP contribution in [0.4, 0.5) is 0 Å². The molecule has 1 unspecified atom stereocenters. The van der Waals surface area contributed by atoms with E-state index in [0.29, 0.717) is 0 Å². The van der Waals surface area contributed by atoms with Crippen LogP contribution in [0.5, 0.6) is 0 Å². The highest BCUT2D eigenvalue weighted by Gasteiger charge is 2.26. The number of esters is 2. The predicted octanol–water partition coefficient (Wildman–Crippen LogP) is -0.161. The third kappa shape index (κ3) is 5.19. The molecule has 1 atom stereocenters. The van der Waals surface area contributed by atoms with Crippen LogP contribution in [-0.4, -0.2) is 31.9 Å². The van der Waals surface area contributed by atoms with E-state index in [4.69, 9.17) is 4.74 Å². The molecule has 0 heterocycles. The van der Waals surface area contributed by atoms with Crippen LogP contribution in [0.25, 0.3) is 0 Å². The van der Waals surface area contributed by atoms with Crippen LogP contribution in [0.1, 0.15) is 27.7 Å². The van der Waals surface area contributed by atoms with Crippen molar-refractivity contribution in [2.45, 2.75) is 39.3 Å². The van der Waals surface area contributed by atoms with Crippen molar-refractivity contribution in [2.75, 3.05) is 0 Å². The van der Waals surface area contributed by atoms with Crippen molar-refractivity contribution in [3.8, 4) is 0 Å². The SMILES string of the molecule is BC(C)(C)C(=O)OC(C)OC(=O)C(C)=O. The smallest absolute Gasteiger partial charge is 0.377 e. The predicted molar refractivity (Wildman–Crippen MR) is 54.9 cm³/mol. The third-order valence-electron chi connectivity index (χ3n) is 1.45. The minimum atomic E-state index is -1.05. The number of ether oxygens (including phenoxy) is 2. The molecule has 0 aliphatic carbocycles. The molecule has 84 valence electrons. The van der Waals surface area contributed by atoms with Gasteiger partial charge in [0.15, 0.2) is 0 Å². The first-order valence-electron chi connectivity index (χ1n) is 4.57. The normalized spacial score (nSPS) is 12.8. The van der Waals surface area contributed by atoms with Crippen LogP contribution in [-0.2, 0) is 23.9 Å². The maximum Gasteiger partial charge on any atom is 0.377 e. The van der Waals surface area contributed by atoms with E-state index in [0.717, 1.165) is 6.92 Å². The van der Waals surface area contributed by atoms with Crippen LogP contribution in [0, 0.1) is 0 Å². The topological polar surface area (TPSA) is 69.7 Å². The van der Waals surface area contributed by atoms with Gasteiger partial charge >= 0.3 is 11.9 Å². The first-order chi connectivity index (χ1) is 6.64. The second-order valence-corrected chi connectivity index (χ2v) is 4.18. The van der Waals surface area contributed by atoms with Crippen molar-refractivity contribution in [1.82, 2.24) is 0 Å². The molecule has 0 bridgehead atoms. The summed E-state index contributed by atoms with van der Waals surface area (Å²) in [5.41, 5.74) is 0. The summed E-state index contributed by atoms with van der Waals surface area (Å²) in [6.45, 7) is 5.81. The van der Waals surface area contributed by atoms with Gasteiger partial charge in [-0.05, 0) is 0 Å². The average molecular weight is 214 g/mol. The van der Waals surface area contributed by atoms with Gasteiger partial charge in [-0.15, -0.1) is 0 Å². The van der Waals surface area contributed by atoms with Crippen LogP contribution >= 0.6 is 0 Å². The Morgan fingerprint density at radius 1 is 1.20 bits per heavy atom. The van der Waals surface area contributed by atoms with Gasteiger partial charge < -0.3 is 9.47 Å². The van der Waals surface area contributed by atoms with E-state index in [1.165, 1.54) is 6.92 Å². The minimum Gasteiger partial charge on any atom is -0.426 e. The number of carbonyl (C=O) groups excluding carboxylic acids is 3. The Labute approximate surface area is 89.5 Å². The van der Waals surface area contributed by atoms with Crippen LogP contribution in [0.3, 0.4) is 0 Å². The molecular weight excluding hydrogens is 199 g/mol. The number of carbonyl (C=O) groups is 3. The molecule has 0 saturated heterocycles. The molecule has 0 amide bonds. The van der Waals surface area contributed by atoms with Crippen molar-refractivity contribution >= 4 is 25.6 Å². The fraction of sp³-hybridized carbons (Fsp3) is 0.667. The maximum absolute atomic E-state index is 11.3. The lowest BCUT2D eigenvalue weighted by atomic mass is 9.73. The molecule has 5 nitrogen and oxygen atoms in total. The molecule has 0 saturated carbocycles. The van der Waals surface area contributed by atoms with E-state index in [1.54, 1.807) is 21.7 Å². The van der Waals surface area contributed by atoms with Crippen molar-refractivity contribution in [3.63, 3.8) is 0 Å². The largest absolute Gasteiger partial charge is 0.426 e. The first-order valence-corrected chi connectivity index (χ1v) is 4.57. The molecule has 0 spiro atoms. The Morgan fingerprint density at radius 2 is 1.67 bits per heavy atom. The van der Waals surface area contributed by atoms with E-state index >= 15 is 0 Å². The lowest BCUT2D eigenvalue weighted by molar-refractivity contribution is -0.187. The number of rotatable bonds is 4. The summed E-state index contributed by atoms with van der Waals surface area (Å²) in [5.74, 6) is -2.23. The van der Waals surface area contributed by atoms with Gasteiger partial charge in [-0.1, -0.05) is 13.8 Å². The second-order valence-electron chi connectivity index (χ2n) is 4.18. The van der Waals surface area contributed by atoms with E-state index in [9.17, 15) is 14.4 Å². The Kier molecular flexibility index (Phi) is 4.52. The standard InChI is InChI=1S/C9H15BO5/c1-5(11)7(12)14-6(2)15-8(13)9(3,4)10/h6H,10H2,1-4H3. The summed E-state index contributed by atoms with van der Waals surface area (Å²) in [6.07, 6.45) is -1.05. The summed E-state index contributed by atoms with van der Waals surface area (Å²) >= 11 is 0. The molecule has 6 heteroatoms. The molecule has 0 N–H and O–H groups in total. The van der Waals surface area contributed by atoms with Crippen LogP contribution in [0.2, 0.25) is 5.31 Å². The molecule has 0 aromatic rings. The number of hydrogen-bond acceptors (Lipinski definition) is 5. The maximum atomic E-state index is 11.3. The lowest BCUT2D eigenvalue weighted by Gasteiger charge is -2.20. The quantitative estimate of drug-likeness (QED) is 0.281. The zero-order chi connectivity index (χ0) is 12.2. The van der Waals surface area contributed by atoms with Crippen LogP contribution < -0.4 is 0 Å². The fourth-order valence-corrected chi connectivity index (χ4v) is 0.585. The highest BCUT2D eigenvalue weighted by molar-refractivity contribution is 6.32. The second kappa shape index (κ2) is 4.95. The first kappa shape index (κ1) is 13.7. The molecule has 0 radical (unpaired) electrons. The number of ketones is 1. The summed E-state index contributed by atoms with van der Waals surface area (Å²) in [5, 5.41) is -0.670. The Hall–Kier alpha value is -1.33. The Morgan fingerprint density at radius 3 is 2.00 bits per heavy atom. The zero-order valence-electron chi connectivity index (χ0n) is 9.62. The Balaban J connectivity index is 4.16. The van der Waals surface area contributed by atoms with E-state index in [1.807, 2.05) is 0 Å². The van der Waals surface area contributed by atoms with Gasteiger partial charge in [0, 0.05) is 19.2 Å². The van der Waals surface area contributed by atoms with Crippen LogP contribution in [0.15, 0.2) is 0 Å². The highest BCUT2D eigenvalue weighted by Crippen LogP contribution is 2.20. The summed E-state index contributed by atoms with van der Waals surface area (Å²) in [4.78, 5) is 32.7. The van der Waals surface area contributed by atoms with Crippen molar-refractivity contribution in [3.05, 3.63) is 0 Å². The fourth-order valence-electron chi connectivity index (χ4n) is 0.585. The van der Waals surface area contributed by atoms with Gasteiger partial charge in [-0.25, -0.2) is 4.79 Å². The van der Waals surface area contributed by atoms with Gasteiger partial charge in [0.25, 0.3) is 0 Å². The van der Waals surface area contributed by atoms with Gasteiger partial charge in [-0.3, -0.25) is 9.59 Å². The lowest BCUT2D eigenvalue weighted by Crippen LogP contribution is -2.29. The van der Waals surface area contributed by atoms with E-state index in [-0.39, 0.29) is 0 Å². The van der Waals surface area contributed by atoms with Gasteiger partial charge in [0.1, 0.15) is 7.85 Å². The number of Topliss-reactive ketones (excluding diaryl/α,β-unsaturated/α-hetero) is 1. The van der Waals surface area contributed by atoms with Gasteiger partial charge in [0.2, 0.25) is 12.1 Å². The van der Waals surface area contributed by atoms with Crippen molar-refractivity contribution in [1.29, 1.82) is 0 Å². The molecule has 0 aromatic carbocycles. The summed E-state index contributed by atoms with van der Waals surface area (Å²) in [6, 6.07) is 0. The highest BCUT2D eigenvalue weighted by atomic mass is 16.7. The van der Waals surface area contributed by atoms with Crippen molar-refractivity contribution in [2.24, 2.45) is 0 Å². The molecule has 0 rings (SSSR count). The van der Waals surface area contributed by atoms with Gasteiger partial charge in [-0.2, -0.15) is 0 Å². The van der Waals surface area contributed by atoms with Crippen molar-refractivity contribution < 1.29 is 23.9 Å². The molecule has 0 aliphatic heterocycles. The molecule has 15 heavy (non-hydrogen) atoms. The minimum absolute atomic E-state index is 0.494. The number of hydrogen-bond donors (Lipinski definition) is 0. The van der Waals surface area contributed by atoms with E-state index < -0.39 is 29.3 Å². The summed E-state index contributed by atoms with van der Waals surface area (Å²) < 4.78 is 9.35. The van der Waals surface area contributed by atoms with E-state index in [2.05, 4.69) is 4.74 Å². The summed E-state index contributed by atoms with van der Waals surface area (Å²) in [7, 11) is 1.68. The molecular formula is C9H15BO5. The van der Waals surface area contributed by atoms with Gasteiger partial charge in [0.05, 0.1) is 0 Å². The zero-order valence-corrected chi connectivity index (χ0v) is 9.62. The third-order valence-corrected chi connectivity index (χ3v) is 1.45. The molecule has 0 fully saturated rings. The monoisotopic (exact) mass is 214 g/mol.